The van der Waals surface area contributed by atoms with E-state index >= 15 is 0 Å². The predicted molar refractivity (Wildman–Crippen MR) is 118 cm³/mol. The van der Waals surface area contributed by atoms with Gasteiger partial charge < -0.3 is 20.3 Å². The topological polar surface area (TPSA) is 73.9 Å². The van der Waals surface area contributed by atoms with Crippen LogP contribution in [0, 0.1) is 6.92 Å². The first-order valence-corrected chi connectivity index (χ1v) is 10.2. The molecule has 0 unspecified atom stereocenters. The molecule has 3 rings (SSSR count). The van der Waals surface area contributed by atoms with Crippen molar-refractivity contribution in [2.24, 2.45) is 0 Å². The van der Waals surface area contributed by atoms with Crippen LogP contribution in [0.5, 0.6) is 5.75 Å². The Balaban J connectivity index is 1.65. The second-order valence-electron chi connectivity index (χ2n) is 7.66. The van der Waals surface area contributed by atoms with Gasteiger partial charge in [-0.1, -0.05) is 29.8 Å². The van der Waals surface area contributed by atoms with E-state index in [-0.39, 0.29) is 6.04 Å². The number of amides is 2. The van der Waals surface area contributed by atoms with Gasteiger partial charge in [0.25, 0.3) is 0 Å². The first-order valence-electron chi connectivity index (χ1n) is 10.2. The minimum atomic E-state index is -0.661. The van der Waals surface area contributed by atoms with Crippen LogP contribution in [0.25, 0.3) is 0 Å². The number of hydrogen-bond donors (Lipinski definition) is 2. The van der Waals surface area contributed by atoms with Gasteiger partial charge in [0.1, 0.15) is 5.75 Å². The lowest BCUT2D eigenvalue weighted by Crippen LogP contribution is -2.49. The lowest BCUT2D eigenvalue weighted by Gasteiger charge is -2.38. The van der Waals surface area contributed by atoms with E-state index in [2.05, 4.69) is 27.5 Å². The van der Waals surface area contributed by atoms with E-state index < -0.39 is 11.8 Å². The van der Waals surface area contributed by atoms with E-state index in [1.165, 1.54) is 0 Å². The zero-order valence-corrected chi connectivity index (χ0v) is 17.9. The molecular weight excluding hydrogens is 380 g/mol. The highest BCUT2D eigenvalue weighted by Crippen LogP contribution is 2.24. The largest absolute Gasteiger partial charge is 0.497 e. The molecule has 160 valence electrons. The fraction of sp³-hybridized carbons (Fsp3) is 0.391. The molecule has 7 heteroatoms. The third-order valence-electron chi connectivity index (χ3n) is 5.45. The number of carbonyl (C=O) groups excluding carboxylic acids is 2. The van der Waals surface area contributed by atoms with E-state index in [0.717, 1.165) is 43.1 Å². The third-order valence-corrected chi connectivity index (χ3v) is 5.45. The molecule has 2 amide bonds. The maximum absolute atomic E-state index is 12.4. The number of ether oxygens (including phenoxy) is 1. The second kappa shape index (κ2) is 10.2. The van der Waals surface area contributed by atoms with E-state index in [0.29, 0.717) is 12.2 Å². The minimum absolute atomic E-state index is 0.0132. The number of aryl methyl sites for hydroxylation is 1. The van der Waals surface area contributed by atoms with Crippen molar-refractivity contribution in [3.63, 3.8) is 0 Å². The van der Waals surface area contributed by atoms with Gasteiger partial charge in [-0.3, -0.25) is 14.5 Å². The number of nitrogens with zero attached hydrogens (tertiary/aromatic N) is 2. The quantitative estimate of drug-likeness (QED) is 0.713. The van der Waals surface area contributed by atoms with Crippen LogP contribution >= 0.6 is 0 Å². The molecule has 0 aliphatic carbocycles. The van der Waals surface area contributed by atoms with Gasteiger partial charge in [0, 0.05) is 38.4 Å². The first kappa shape index (κ1) is 21.8. The number of anilines is 1. The molecule has 1 atom stereocenters. The number of rotatable bonds is 6. The maximum Gasteiger partial charge on any atom is 0.313 e. The van der Waals surface area contributed by atoms with Crippen molar-refractivity contribution in [1.29, 1.82) is 0 Å². The van der Waals surface area contributed by atoms with Crippen molar-refractivity contribution in [3.05, 3.63) is 59.7 Å². The molecule has 2 aromatic carbocycles. The summed E-state index contributed by atoms with van der Waals surface area (Å²) in [4.78, 5) is 29.3. The van der Waals surface area contributed by atoms with E-state index in [1.807, 2.05) is 43.3 Å². The van der Waals surface area contributed by atoms with Crippen LogP contribution in [-0.2, 0) is 9.59 Å². The summed E-state index contributed by atoms with van der Waals surface area (Å²) in [5.41, 5.74) is 2.78. The van der Waals surface area contributed by atoms with Crippen molar-refractivity contribution < 1.29 is 14.3 Å². The zero-order chi connectivity index (χ0) is 21.5. The fourth-order valence-corrected chi connectivity index (χ4v) is 3.51. The summed E-state index contributed by atoms with van der Waals surface area (Å²) in [7, 11) is 3.75. The molecular formula is C23H30N4O3. The third kappa shape index (κ3) is 5.81. The Morgan fingerprint density at radius 2 is 1.60 bits per heavy atom. The van der Waals surface area contributed by atoms with Gasteiger partial charge in [-0.05, 0) is 43.8 Å². The summed E-state index contributed by atoms with van der Waals surface area (Å²) < 4.78 is 5.26. The van der Waals surface area contributed by atoms with Crippen molar-refractivity contribution in [1.82, 2.24) is 15.1 Å². The molecule has 0 saturated carbocycles. The standard InChI is InChI=1S/C23H30N4O3/c1-17-4-8-19(9-5-17)25-23(29)22(28)24-16-21(27-14-12-26(2)13-15-27)18-6-10-20(30-3)11-7-18/h4-11,21H,12-16H2,1-3H3,(H,24,28)(H,25,29)/t21-/m1/s1. The molecule has 1 fully saturated rings. The summed E-state index contributed by atoms with van der Waals surface area (Å²) in [6, 6.07) is 15.2. The van der Waals surface area contributed by atoms with Crippen LogP contribution in [0.15, 0.2) is 48.5 Å². The van der Waals surface area contributed by atoms with Gasteiger partial charge >= 0.3 is 11.8 Å². The molecule has 1 aliphatic heterocycles. The lowest BCUT2D eigenvalue weighted by atomic mass is 10.0. The van der Waals surface area contributed by atoms with Gasteiger partial charge in [-0.2, -0.15) is 0 Å². The van der Waals surface area contributed by atoms with Crippen molar-refractivity contribution in [2.75, 3.05) is 52.2 Å². The van der Waals surface area contributed by atoms with Crippen LogP contribution in [0.2, 0.25) is 0 Å². The number of methoxy groups -OCH3 is 1. The smallest absolute Gasteiger partial charge is 0.313 e. The number of likely N-dealkylation sites (N-methyl/N-ethyl adjacent to an activating group) is 1. The molecule has 7 nitrogen and oxygen atoms in total. The van der Waals surface area contributed by atoms with Crippen LogP contribution < -0.4 is 15.4 Å². The molecule has 0 radical (unpaired) electrons. The summed E-state index contributed by atoms with van der Waals surface area (Å²) in [6.07, 6.45) is 0. The van der Waals surface area contributed by atoms with Gasteiger partial charge in [0.15, 0.2) is 0 Å². The predicted octanol–water partition coefficient (Wildman–Crippen LogP) is 2.05. The summed E-state index contributed by atoms with van der Waals surface area (Å²) in [5.74, 6) is -0.508. The van der Waals surface area contributed by atoms with Crippen LogP contribution in [0.1, 0.15) is 17.2 Å². The molecule has 1 aliphatic rings. The Labute approximate surface area is 178 Å². The van der Waals surface area contributed by atoms with E-state index in [4.69, 9.17) is 4.74 Å². The van der Waals surface area contributed by atoms with E-state index in [1.54, 1.807) is 19.2 Å². The monoisotopic (exact) mass is 410 g/mol. The highest BCUT2D eigenvalue weighted by Gasteiger charge is 2.25. The molecule has 2 aromatic rings. The van der Waals surface area contributed by atoms with Gasteiger partial charge in [-0.15, -0.1) is 0 Å². The number of piperazine rings is 1. The van der Waals surface area contributed by atoms with Crippen LogP contribution in [0.3, 0.4) is 0 Å². The van der Waals surface area contributed by atoms with E-state index in [9.17, 15) is 9.59 Å². The molecule has 0 bridgehead atoms. The van der Waals surface area contributed by atoms with Crippen molar-refractivity contribution in [2.45, 2.75) is 13.0 Å². The number of hydrogen-bond acceptors (Lipinski definition) is 5. The Hall–Kier alpha value is -2.90. The zero-order valence-electron chi connectivity index (χ0n) is 17.9. The normalized spacial score (nSPS) is 16.0. The maximum atomic E-state index is 12.4. The van der Waals surface area contributed by atoms with Gasteiger partial charge in [-0.25, -0.2) is 0 Å². The van der Waals surface area contributed by atoms with Gasteiger partial charge in [0.05, 0.1) is 13.2 Å². The summed E-state index contributed by atoms with van der Waals surface area (Å²) >= 11 is 0. The summed E-state index contributed by atoms with van der Waals surface area (Å²) in [5, 5.41) is 5.46. The molecule has 0 spiro atoms. The van der Waals surface area contributed by atoms with Crippen LogP contribution in [-0.4, -0.2) is 68.5 Å². The SMILES string of the molecule is COc1ccc([C@@H](CNC(=O)C(=O)Nc2ccc(C)cc2)N2CCN(C)CC2)cc1. The highest BCUT2D eigenvalue weighted by atomic mass is 16.5. The average Bonchev–Trinajstić information content (AvgIpc) is 2.77. The molecule has 30 heavy (non-hydrogen) atoms. The Morgan fingerprint density at radius 1 is 0.967 bits per heavy atom. The molecule has 1 saturated heterocycles. The number of nitrogens with one attached hydrogen (secondary N) is 2. The minimum Gasteiger partial charge on any atom is -0.497 e. The number of carbonyl (C=O) groups is 2. The van der Waals surface area contributed by atoms with Crippen LogP contribution in [0.4, 0.5) is 5.69 Å². The fourth-order valence-electron chi connectivity index (χ4n) is 3.51. The average molecular weight is 411 g/mol. The summed E-state index contributed by atoms with van der Waals surface area (Å²) in [6.45, 7) is 6.06. The first-order chi connectivity index (χ1) is 14.5. The molecule has 2 N–H and O–H groups in total. The Kier molecular flexibility index (Phi) is 7.43. The second-order valence-corrected chi connectivity index (χ2v) is 7.66. The Bertz CT molecular complexity index is 844. The van der Waals surface area contributed by atoms with Crippen molar-refractivity contribution in [3.8, 4) is 5.75 Å². The highest BCUT2D eigenvalue weighted by molar-refractivity contribution is 6.39. The Morgan fingerprint density at radius 3 is 2.20 bits per heavy atom. The van der Waals surface area contributed by atoms with Crippen molar-refractivity contribution >= 4 is 17.5 Å². The molecule has 1 heterocycles. The van der Waals surface area contributed by atoms with Gasteiger partial charge in [0.2, 0.25) is 0 Å². The number of benzene rings is 2. The lowest BCUT2D eigenvalue weighted by molar-refractivity contribution is -0.136. The molecule has 0 aromatic heterocycles.